The maximum atomic E-state index is 8.66. The Morgan fingerprint density at radius 2 is 2.33 bits per heavy atom. The van der Waals surface area contributed by atoms with E-state index in [-0.39, 0.29) is 45.4 Å². The van der Waals surface area contributed by atoms with Gasteiger partial charge in [-0.2, -0.15) is 24.3 Å². The Kier molecular flexibility index (Phi) is 6.63. The van der Waals surface area contributed by atoms with E-state index in [9.17, 15) is 0 Å². The molecule has 63 valence electrons. The van der Waals surface area contributed by atoms with Gasteiger partial charge in [-0.25, -0.2) is 0 Å². The summed E-state index contributed by atoms with van der Waals surface area (Å²) in [5.41, 5.74) is 0.863. The molecular weight excluding hydrogens is 227 g/mol. The second kappa shape index (κ2) is 6.58. The number of hydrogen-bond donors (Lipinski definition) is 2. The summed E-state index contributed by atoms with van der Waals surface area (Å²) < 4.78 is 0. The molecule has 1 radical (unpaired) electrons. The first kappa shape index (κ1) is 12.1. The summed E-state index contributed by atoms with van der Waals surface area (Å²) in [5.74, 6) is 0. The summed E-state index contributed by atoms with van der Waals surface area (Å²) in [6.45, 7) is 3.70. The van der Waals surface area contributed by atoms with Crippen molar-refractivity contribution in [1.29, 1.82) is 0 Å². The summed E-state index contributed by atoms with van der Waals surface area (Å²) >= 11 is 0. The van der Waals surface area contributed by atoms with Crippen molar-refractivity contribution in [3.8, 4) is 0 Å². The largest absolute Gasteiger partial charge is 0.431 e. The third kappa shape index (κ3) is 4.19. The first-order valence-electron chi connectivity index (χ1n) is 3.50. The quantitative estimate of drug-likeness (QED) is 0.772. The Morgan fingerprint density at radius 3 is 2.83 bits per heavy atom. The number of nitrogens with one attached hydrogen (secondary N) is 1. The number of benzene rings is 1. The van der Waals surface area contributed by atoms with Crippen LogP contribution in [0.25, 0.3) is 0 Å². The first-order valence-corrected chi connectivity index (χ1v) is 3.50. The number of aliphatic hydroxyl groups is 1. The van der Waals surface area contributed by atoms with Crippen LogP contribution in [0.5, 0.6) is 0 Å². The average Bonchev–Trinajstić information content (AvgIpc) is 2.06. The Bertz CT molecular complexity index is 203. The van der Waals surface area contributed by atoms with Crippen molar-refractivity contribution in [1.82, 2.24) is 0 Å². The van der Waals surface area contributed by atoms with E-state index in [2.05, 4.69) is 18.3 Å². The van der Waals surface area contributed by atoms with Crippen LogP contribution in [0.15, 0.2) is 24.3 Å². The van der Waals surface area contributed by atoms with Crippen LogP contribution < -0.4 is 5.32 Å². The predicted octanol–water partition coefficient (Wildman–Crippen LogP) is 1.09. The van der Waals surface area contributed by atoms with E-state index < -0.39 is 0 Å². The molecule has 1 rings (SSSR count). The van der Waals surface area contributed by atoms with Crippen LogP contribution in [0.1, 0.15) is 0 Å². The van der Waals surface area contributed by atoms with Gasteiger partial charge in [0.05, 0.1) is 0 Å². The van der Waals surface area contributed by atoms with Gasteiger partial charge in [-0.15, -0.1) is 6.07 Å². The number of hydrogen-bond acceptors (Lipinski definition) is 2. The summed E-state index contributed by atoms with van der Waals surface area (Å²) in [7, 11) is 0. The van der Waals surface area contributed by atoms with Gasteiger partial charge in [0, 0.05) is 39.3 Å². The predicted molar refractivity (Wildman–Crippen MR) is 45.1 cm³/mol. The molecule has 2 nitrogen and oxygen atoms in total. The van der Waals surface area contributed by atoms with E-state index in [0.717, 1.165) is 5.69 Å². The molecule has 0 spiro atoms. The van der Waals surface area contributed by atoms with Crippen LogP contribution in [0, 0.1) is 13.0 Å². The van der Waals surface area contributed by atoms with Gasteiger partial charge in [-0.1, -0.05) is 11.7 Å². The van der Waals surface area contributed by atoms with Gasteiger partial charge >= 0.3 is 0 Å². The molecule has 1 unspecified atom stereocenters. The van der Waals surface area contributed by atoms with Gasteiger partial charge < -0.3 is 17.3 Å². The molecule has 2 N–H and O–H groups in total. The molecule has 0 aromatic heterocycles. The van der Waals surface area contributed by atoms with Crippen LogP contribution in [0.4, 0.5) is 5.69 Å². The van der Waals surface area contributed by atoms with Crippen molar-refractivity contribution in [2.75, 3.05) is 11.9 Å². The van der Waals surface area contributed by atoms with Crippen LogP contribution in [0.3, 0.4) is 0 Å². The van der Waals surface area contributed by atoms with Crippen molar-refractivity contribution >= 4 is 5.69 Å². The maximum Gasteiger partial charge on any atom is 0.0351 e. The van der Waals surface area contributed by atoms with Crippen LogP contribution >= 0.6 is 0 Å². The Balaban J connectivity index is 0.00000121. The van der Waals surface area contributed by atoms with Gasteiger partial charge in [0.2, 0.25) is 0 Å². The number of para-hydroxylation sites is 1. The van der Waals surface area contributed by atoms with Crippen molar-refractivity contribution in [3.05, 3.63) is 37.3 Å². The molecule has 0 amide bonds. The molecule has 0 heterocycles. The van der Waals surface area contributed by atoms with Gasteiger partial charge in [-0.05, 0) is 0 Å². The zero-order chi connectivity index (χ0) is 8.10. The number of anilines is 1. The van der Waals surface area contributed by atoms with E-state index in [0.29, 0.717) is 0 Å². The number of rotatable bonds is 3. The minimum absolute atomic E-state index is 0. The standard InChI is InChI=1S/C9H11NO.Y/c1-8(7-11)10-9-5-3-2-4-6-9;/h2-5,8,10-11H,1,7H2;/q-2;. The molecule has 1 atom stereocenters. The maximum absolute atomic E-state index is 8.66. The monoisotopic (exact) mass is 238 g/mol. The average molecular weight is 238 g/mol. The first-order chi connectivity index (χ1) is 5.33. The van der Waals surface area contributed by atoms with Crippen LogP contribution in [0.2, 0.25) is 0 Å². The third-order valence-electron chi connectivity index (χ3n) is 1.29. The summed E-state index contributed by atoms with van der Waals surface area (Å²) in [5, 5.41) is 11.6. The second-order valence-corrected chi connectivity index (χ2v) is 2.30. The van der Waals surface area contributed by atoms with E-state index in [1.54, 1.807) is 0 Å². The van der Waals surface area contributed by atoms with Crippen molar-refractivity contribution in [3.63, 3.8) is 0 Å². The Morgan fingerprint density at radius 1 is 1.58 bits per heavy atom. The third-order valence-corrected chi connectivity index (χ3v) is 1.29. The summed E-state index contributed by atoms with van der Waals surface area (Å²) in [6.07, 6.45) is 0. The van der Waals surface area contributed by atoms with Crippen molar-refractivity contribution < 1.29 is 37.8 Å². The molecule has 0 bridgehead atoms. The normalized spacial score (nSPS) is 11.5. The van der Waals surface area contributed by atoms with E-state index in [1.165, 1.54) is 0 Å². The number of aliphatic hydroxyl groups excluding tert-OH is 1. The van der Waals surface area contributed by atoms with Crippen LogP contribution in [-0.2, 0) is 32.7 Å². The molecule has 12 heavy (non-hydrogen) atoms. The zero-order valence-electron chi connectivity index (χ0n) is 6.83. The van der Waals surface area contributed by atoms with Crippen molar-refractivity contribution in [2.24, 2.45) is 0 Å². The van der Waals surface area contributed by atoms with Gasteiger partial charge in [0.25, 0.3) is 0 Å². The topological polar surface area (TPSA) is 32.3 Å². The second-order valence-electron chi connectivity index (χ2n) is 2.30. The van der Waals surface area contributed by atoms with Gasteiger partial charge in [0.1, 0.15) is 0 Å². The molecule has 0 saturated carbocycles. The SMILES string of the molecule is [CH2-]C(CO)Nc1[c-]cccc1.[Y]. The molecule has 0 aliphatic rings. The van der Waals surface area contributed by atoms with E-state index in [4.69, 9.17) is 5.11 Å². The molecule has 0 aliphatic heterocycles. The van der Waals surface area contributed by atoms with E-state index in [1.807, 2.05) is 24.3 Å². The fraction of sp³-hybridized carbons (Fsp3) is 0.222. The Hall–Kier alpha value is 0.0839. The molecule has 1 aromatic carbocycles. The molecule has 0 aliphatic carbocycles. The Labute approximate surface area is 98.3 Å². The fourth-order valence-corrected chi connectivity index (χ4v) is 0.749. The molecule has 0 saturated heterocycles. The fourth-order valence-electron chi connectivity index (χ4n) is 0.749. The van der Waals surface area contributed by atoms with Crippen molar-refractivity contribution in [2.45, 2.75) is 6.04 Å². The minimum atomic E-state index is -0.159. The summed E-state index contributed by atoms with van der Waals surface area (Å²) in [6, 6.07) is 10.3. The minimum Gasteiger partial charge on any atom is -0.431 e. The molecule has 1 aromatic rings. The molecule has 0 fully saturated rings. The van der Waals surface area contributed by atoms with Crippen LogP contribution in [-0.4, -0.2) is 17.8 Å². The smallest absolute Gasteiger partial charge is 0.0351 e. The zero-order valence-corrected chi connectivity index (χ0v) is 9.66. The van der Waals surface area contributed by atoms with Gasteiger partial charge in [-0.3, -0.25) is 0 Å². The molecule has 3 heteroatoms. The van der Waals surface area contributed by atoms with E-state index >= 15 is 0 Å². The van der Waals surface area contributed by atoms with Gasteiger partial charge in [0.15, 0.2) is 0 Å². The summed E-state index contributed by atoms with van der Waals surface area (Å²) in [4.78, 5) is 0. The molecular formula is C9H11NOY-2.